The van der Waals surface area contributed by atoms with Gasteiger partial charge in [0.15, 0.2) is 6.80 Å². The lowest BCUT2D eigenvalue weighted by atomic mass is 10.4. The summed E-state index contributed by atoms with van der Waals surface area (Å²) in [6, 6.07) is 3.42. The fraction of sp³-hybridized carbons (Fsp3) is 0.167. The molecule has 0 saturated heterocycles. The Balaban J connectivity index is 2.61. The molecule has 9 heavy (non-hydrogen) atoms. The molecule has 0 fully saturated rings. The summed E-state index contributed by atoms with van der Waals surface area (Å²) in [7, 11) is 0. The third-order valence-electron chi connectivity index (χ3n) is 0.866. The van der Waals surface area contributed by atoms with E-state index < -0.39 is 6.80 Å². The van der Waals surface area contributed by atoms with E-state index in [0.29, 0.717) is 5.69 Å². The second-order valence-electron chi connectivity index (χ2n) is 1.47. The first-order valence-electron chi connectivity index (χ1n) is 2.56. The molecule has 0 saturated carbocycles. The van der Waals surface area contributed by atoms with Crippen LogP contribution < -0.4 is 5.32 Å². The molecule has 1 aromatic heterocycles. The van der Waals surface area contributed by atoms with Crippen molar-refractivity contribution in [3.8, 4) is 0 Å². The van der Waals surface area contributed by atoms with Crippen LogP contribution >= 0.6 is 0 Å². The summed E-state index contributed by atoms with van der Waals surface area (Å²) in [5.74, 6) is 0. The predicted octanol–water partition coefficient (Wildman–Crippen LogP) is 1.22. The second kappa shape index (κ2) is 3.02. The van der Waals surface area contributed by atoms with Crippen molar-refractivity contribution in [3.63, 3.8) is 0 Å². The van der Waals surface area contributed by atoms with Crippen LogP contribution in [0.25, 0.3) is 0 Å². The second-order valence-corrected chi connectivity index (χ2v) is 1.47. The van der Waals surface area contributed by atoms with Crippen LogP contribution in [0.1, 0.15) is 0 Å². The SMILES string of the molecule is FCNc1[c]nccc1. The van der Waals surface area contributed by atoms with Gasteiger partial charge in [0.2, 0.25) is 0 Å². The number of hydrogen-bond donors (Lipinski definition) is 1. The first-order valence-corrected chi connectivity index (χ1v) is 2.56. The van der Waals surface area contributed by atoms with Gasteiger partial charge in [-0.1, -0.05) is 0 Å². The number of hydrogen-bond acceptors (Lipinski definition) is 2. The molecule has 0 aliphatic rings. The highest BCUT2D eigenvalue weighted by molar-refractivity contribution is 5.37. The minimum atomic E-state index is -0.581. The molecule has 0 unspecified atom stereocenters. The predicted molar refractivity (Wildman–Crippen MR) is 32.7 cm³/mol. The Morgan fingerprint density at radius 3 is 3.22 bits per heavy atom. The molecule has 0 aromatic carbocycles. The van der Waals surface area contributed by atoms with Crippen molar-refractivity contribution in [1.29, 1.82) is 0 Å². The zero-order chi connectivity index (χ0) is 6.53. The lowest BCUT2D eigenvalue weighted by Crippen LogP contribution is -1.94. The van der Waals surface area contributed by atoms with Gasteiger partial charge in [0, 0.05) is 6.20 Å². The van der Waals surface area contributed by atoms with Gasteiger partial charge in [-0.05, 0) is 12.1 Å². The molecule has 2 nitrogen and oxygen atoms in total. The van der Waals surface area contributed by atoms with Crippen LogP contribution in [-0.2, 0) is 0 Å². The first kappa shape index (κ1) is 6.01. The zero-order valence-corrected chi connectivity index (χ0v) is 4.76. The molecule has 0 spiro atoms. The van der Waals surface area contributed by atoms with Gasteiger partial charge in [-0.3, -0.25) is 4.98 Å². The van der Waals surface area contributed by atoms with Gasteiger partial charge in [0.1, 0.15) is 6.20 Å². The Morgan fingerprint density at radius 1 is 1.78 bits per heavy atom. The van der Waals surface area contributed by atoms with Crippen LogP contribution in [0.15, 0.2) is 18.3 Å². The van der Waals surface area contributed by atoms with Crippen molar-refractivity contribution in [2.45, 2.75) is 0 Å². The zero-order valence-electron chi connectivity index (χ0n) is 4.76. The van der Waals surface area contributed by atoms with E-state index in [1.54, 1.807) is 18.3 Å². The van der Waals surface area contributed by atoms with Crippen LogP contribution in [0.2, 0.25) is 0 Å². The number of anilines is 1. The van der Waals surface area contributed by atoms with E-state index in [1.165, 1.54) is 0 Å². The molecule has 3 heteroatoms. The van der Waals surface area contributed by atoms with Crippen LogP contribution in [0.4, 0.5) is 10.1 Å². The first-order chi connectivity index (χ1) is 4.43. The maximum Gasteiger partial charge on any atom is 0.159 e. The molecule has 0 atom stereocenters. The maximum atomic E-state index is 11.5. The molecule has 0 bridgehead atoms. The van der Waals surface area contributed by atoms with Crippen LogP contribution in [0, 0.1) is 6.20 Å². The normalized spacial score (nSPS) is 9.00. The van der Waals surface area contributed by atoms with Crippen LogP contribution in [-0.4, -0.2) is 11.8 Å². The molecular weight excluding hydrogens is 119 g/mol. The number of nitrogens with one attached hydrogen (secondary N) is 1. The number of nitrogens with zero attached hydrogens (tertiary/aromatic N) is 1. The van der Waals surface area contributed by atoms with Crippen molar-refractivity contribution in [3.05, 3.63) is 24.5 Å². The molecule has 1 aromatic rings. The fourth-order valence-corrected chi connectivity index (χ4v) is 0.497. The van der Waals surface area contributed by atoms with Gasteiger partial charge in [-0.15, -0.1) is 0 Å². The summed E-state index contributed by atoms with van der Waals surface area (Å²) in [6.45, 7) is -0.581. The lowest BCUT2D eigenvalue weighted by Gasteiger charge is -1.95. The van der Waals surface area contributed by atoms with Crippen LogP contribution in [0.3, 0.4) is 0 Å². The van der Waals surface area contributed by atoms with E-state index in [-0.39, 0.29) is 0 Å². The average Bonchev–Trinajstić information content (AvgIpc) is 1.91. The maximum absolute atomic E-state index is 11.5. The van der Waals surface area contributed by atoms with E-state index in [9.17, 15) is 4.39 Å². The van der Waals surface area contributed by atoms with Crippen molar-refractivity contribution in [2.75, 3.05) is 12.1 Å². The number of rotatable bonds is 2. The van der Waals surface area contributed by atoms with E-state index in [4.69, 9.17) is 0 Å². The third-order valence-corrected chi connectivity index (χ3v) is 0.866. The largest absolute Gasteiger partial charge is 0.357 e. The summed E-state index contributed by atoms with van der Waals surface area (Å²) >= 11 is 0. The average molecular weight is 125 g/mol. The molecule has 1 radical (unpaired) electrons. The Bertz CT molecular complexity index is 164. The smallest absolute Gasteiger partial charge is 0.159 e. The highest BCUT2D eigenvalue weighted by Crippen LogP contribution is 1.99. The van der Waals surface area contributed by atoms with Crippen molar-refractivity contribution in [1.82, 2.24) is 4.98 Å². The third kappa shape index (κ3) is 1.68. The summed E-state index contributed by atoms with van der Waals surface area (Å²) in [5.41, 5.74) is 0.583. The van der Waals surface area contributed by atoms with E-state index in [1.807, 2.05) is 0 Å². The Labute approximate surface area is 52.7 Å². The summed E-state index contributed by atoms with van der Waals surface area (Å²) < 4.78 is 11.5. The van der Waals surface area contributed by atoms with E-state index >= 15 is 0 Å². The molecule has 0 aliphatic carbocycles. The van der Waals surface area contributed by atoms with Gasteiger partial charge >= 0.3 is 0 Å². The Kier molecular flexibility index (Phi) is 2.01. The monoisotopic (exact) mass is 125 g/mol. The lowest BCUT2D eigenvalue weighted by molar-refractivity contribution is 0.536. The highest BCUT2D eigenvalue weighted by atomic mass is 19.1. The number of aromatic nitrogens is 1. The topological polar surface area (TPSA) is 24.9 Å². The molecule has 0 aliphatic heterocycles. The van der Waals surface area contributed by atoms with Crippen molar-refractivity contribution in [2.24, 2.45) is 0 Å². The number of alkyl halides is 1. The van der Waals surface area contributed by atoms with Gasteiger partial charge in [0.25, 0.3) is 0 Å². The molecule has 1 rings (SSSR count). The summed E-state index contributed by atoms with van der Waals surface area (Å²) in [4.78, 5) is 3.65. The molecule has 0 amide bonds. The standard InChI is InChI=1S/C6H6FN2/c7-5-9-6-2-1-3-8-4-6/h1-3,9H,5H2. The van der Waals surface area contributed by atoms with Gasteiger partial charge in [-0.2, -0.15) is 0 Å². The van der Waals surface area contributed by atoms with Gasteiger partial charge < -0.3 is 5.32 Å². The summed E-state index contributed by atoms with van der Waals surface area (Å²) in [6.07, 6.45) is 4.15. The Morgan fingerprint density at radius 2 is 2.67 bits per heavy atom. The molecule has 1 heterocycles. The Hall–Kier alpha value is -1.12. The molecular formula is C6H6FN2. The van der Waals surface area contributed by atoms with E-state index in [2.05, 4.69) is 16.5 Å². The van der Waals surface area contributed by atoms with Crippen molar-refractivity contribution < 1.29 is 4.39 Å². The minimum absolute atomic E-state index is 0.581. The van der Waals surface area contributed by atoms with Gasteiger partial charge in [0.05, 0.1) is 5.69 Å². The quantitative estimate of drug-likeness (QED) is 0.601. The fourth-order valence-electron chi connectivity index (χ4n) is 0.497. The summed E-state index contributed by atoms with van der Waals surface area (Å²) in [5, 5.41) is 2.42. The molecule has 47 valence electrons. The number of pyridine rings is 1. The van der Waals surface area contributed by atoms with Gasteiger partial charge in [-0.25, -0.2) is 4.39 Å². The highest BCUT2D eigenvalue weighted by Gasteiger charge is 1.85. The minimum Gasteiger partial charge on any atom is -0.357 e. The van der Waals surface area contributed by atoms with E-state index in [0.717, 1.165) is 0 Å². The van der Waals surface area contributed by atoms with Crippen molar-refractivity contribution >= 4 is 5.69 Å². The molecule has 1 N–H and O–H groups in total. The number of halogens is 1. The van der Waals surface area contributed by atoms with Crippen LogP contribution in [0.5, 0.6) is 0 Å².